The summed E-state index contributed by atoms with van der Waals surface area (Å²) < 4.78 is 5.07. The summed E-state index contributed by atoms with van der Waals surface area (Å²) in [5.74, 6) is -1.27. The Hall–Kier alpha value is -1.14. The van der Waals surface area contributed by atoms with Crippen LogP contribution in [0, 0.1) is 0 Å². The van der Waals surface area contributed by atoms with Crippen molar-refractivity contribution < 1.29 is 14.3 Å². The lowest BCUT2D eigenvalue weighted by molar-refractivity contribution is -0.143. The molecule has 1 aliphatic rings. The van der Waals surface area contributed by atoms with E-state index in [9.17, 15) is 9.59 Å². The van der Waals surface area contributed by atoms with E-state index in [2.05, 4.69) is 10.7 Å². The second-order valence-corrected chi connectivity index (χ2v) is 2.62. The predicted octanol–water partition coefficient (Wildman–Crippen LogP) is -1.90. The van der Waals surface area contributed by atoms with Gasteiger partial charge in [0, 0.05) is 20.1 Å². The van der Waals surface area contributed by atoms with Gasteiger partial charge in [0.15, 0.2) is 0 Å². The molecular formula is C7H13N3O3. The first kappa shape index (κ1) is 9.94. The zero-order chi connectivity index (χ0) is 9.68. The van der Waals surface area contributed by atoms with Crippen LogP contribution in [0.25, 0.3) is 0 Å². The number of rotatable bonds is 1. The average molecular weight is 187 g/mol. The van der Waals surface area contributed by atoms with Gasteiger partial charge in [-0.05, 0) is 0 Å². The number of amides is 2. The highest BCUT2D eigenvalue weighted by atomic mass is 16.5. The van der Waals surface area contributed by atoms with E-state index in [0.717, 1.165) is 0 Å². The van der Waals surface area contributed by atoms with Crippen molar-refractivity contribution in [1.29, 1.82) is 0 Å². The molecule has 6 nitrogen and oxygen atoms in total. The molecule has 0 radical (unpaired) electrons. The van der Waals surface area contributed by atoms with Crippen molar-refractivity contribution in [1.82, 2.24) is 15.8 Å². The monoisotopic (exact) mass is 187 g/mol. The predicted molar refractivity (Wildman–Crippen MR) is 44.6 cm³/mol. The zero-order valence-corrected chi connectivity index (χ0v) is 7.50. The largest absolute Gasteiger partial charge is 0.379 e. The number of likely N-dealkylation sites (N-methyl/N-ethyl adjacent to an activating group) is 1. The van der Waals surface area contributed by atoms with Crippen LogP contribution in [-0.2, 0) is 14.3 Å². The van der Waals surface area contributed by atoms with Crippen LogP contribution in [0.3, 0.4) is 0 Å². The smallest absolute Gasteiger partial charge is 0.323 e. The number of hydrazine groups is 1. The summed E-state index contributed by atoms with van der Waals surface area (Å²) in [5.41, 5.74) is 2.47. The van der Waals surface area contributed by atoms with Crippen LogP contribution in [0.4, 0.5) is 0 Å². The fourth-order valence-corrected chi connectivity index (χ4v) is 0.983. The normalized spacial score (nSPS) is 17.9. The first-order chi connectivity index (χ1) is 6.24. The summed E-state index contributed by atoms with van der Waals surface area (Å²) in [7, 11) is 1.42. The molecule has 6 heteroatoms. The number of hydrogen-bond donors (Lipinski definition) is 2. The molecule has 1 rings (SSSR count). The first-order valence-electron chi connectivity index (χ1n) is 4.09. The van der Waals surface area contributed by atoms with Gasteiger partial charge in [-0.1, -0.05) is 0 Å². The van der Waals surface area contributed by atoms with E-state index in [1.165, 1.54) is 7.05 Å². The van der Waals surface area contributed by atoms with E-state index in [4.69, 9.17) is 4.74 Å². The Morgan fingerprint density at radius 1 is 1.23 bits per heavy atom. The third-order valence-corrected chi connectivity index (χ3v) is 1.70. The molecule has 2 N–H and O–H groups in total. The highest BCUT2D eigenvalue weighted by Crippen LogP contribution is 1.91. The van der Waals surface area contributed by atoms with Crippen LogP contribution in [0.5, 0.6) is 0 Å². The number of nitrogens with zero attached hydrogens (tertiary/aromatic N) is 1. The van der Waals surface area contributed by atoms with E-state index in [1.807, 2.05) is 0 Å². The summed E-state index contributed by atoms with van der Waals surface area (Å²) in [4.78, 5) is 21.8. The van der Waals surface area contributed by atoms with Gasteiger partial charge in [-0.15, -0.1) is 0 Å². The van der Waals surface area contributed by atoms with Gasteiger partial charge in [-0.2, -0.15) is 0 Å². The van der Waals surface area contributed by atoms with Gasteiger partial charge in [-0.25, -0.2) is 5.01 Å². The first-order valence-corrected chi connectivity index (χ1v) is 4.09. The molecule has 0 aromatic rings. The van der Waals surface area contributed by atoms with Gasteiger partial charge in [0.05, 0.1) is 13.2 Å². The topological polar surface area (TPSA) is 70.7 Å². The maximum atomic E-state index is 11.0. The number of carbonyl (C=O) groups is 2. The van der Waals surface area contributed by atoms with Crippen LogP contribution in [0.1, 0.15) is 0 Å². The van der Waals surface area contributed by atoms with Gasteiger partial charge >= 0.3 is 11.8 Å². The molecule has 0 aromatic carbocycles. The van der Waals surface area contributed by atoms with Crippen molar-refractivity contribution in [3.63, 3.8) is 0 Å². The van der Waals surface area contributed by atoms with Crippen molar-refractivity contribution >= 4 is 11.8 Å². The molecule has 1 fully saturated rings. The summed E-state index contributed by atoms with van der Waals surface area (Å²) in [6.45, 7) is 2.38. The van der Waals surface area contributed by atoms with E-state index in [0.29, 0.717) is 26.3 Å². The van der Waals surface area contributed by atoms with Crippen molar-refractivity contribution in [2.75, 3.05) is 33.4 Å². The molecule has 0 unspecified atom stereocenters. The van der Waals surface area contributed by atoms with E-state index < -0.39 is 11.8 Å². The number of morpholine rings is 1. The minimum Gasteiger partial charge on any atom is -0.379 e. The minimum atomic E-state index is -0.635. The van der Waals surface area contributed by atoms with Crippen molar-refractivity contribution in [2.24, 2.45) is 0 Å². The average Bonchev–Trinajstić information content (AvgIpc) is 2.18. The molecule has 13 heavy (non-hydrogen) atoms. The lowest BCUT2D eigenvalue weighted by Gasteiger charge is -2.26. The standard InChI is InChI=1S/C7H13N3O3/c1-8-6(11)7(12)9-10-2-4-13-5-3-10/h2-5H2,1H3,(H,8,11)(H,9,12). The zero-order valence-electron chi connectivity index (χ0n) is 7.50. The van der Waals surface area contributed by atoms with Crippen molar-refractivity contribution in [2.45, 2.75) is 0 Å². The summed E-state index contributed by atoms with van der Waals surface area (Å²) in [5, 5.41) is 3.91. The molecule has 0 aromatic heterocycles. The van der Waals surface area contributed by atoms with Crippen LogP contribution in [0.15, 0.2) is 0 Å². The molecule has 0 atom stereocenters. The Kier molecular flexibility index (Phi) is 3.66. The second-order valence-electron chi connectivity index (χ2n) is 2.62. The highest BCUT2D eigenvalue weighted by Gasteiger charge is 2.16. The van der Waals surface area contributed by atoms with Gasteiger partial charge in [0.1, 0.15) is 0 Å². The molecule has 1 aliphatic heterocycles. The van der Waals surface area contributed by atoms with E-state index >= 15 is 0 Å². The van der Waals surface area contributed by atoms with Gasteiger partial charge in [0.2, 0.25) is 0 Å². The summed E-state index contributed by atoms with van der Waals surface area (Å²) >= 11 is 0. The third kappa shape index (κ3) is 3.00. The van der Waals surface area contributed by atoms with E-state index in [1.54, 1.807) is 5.01 Å². The molecule has 0 spiro atoms. The lowest BCUT2D eigenvalue weighted by atomic mass is 10.5. The lowest BCUT2D eigenvalue weighted by Crippen LogP contribution is -2.52. The molecule has 1 saturated heterocycles. The van der Waals surface area contributed by atoms with Crippen molar-refractivity contribution in [3.8, 4) is 0 Å². The molecule has 0 aliphatic carbocycles. The third-order valence-electron chi connectivity index (χ3n) is 1.70. The molecule has 74 valence electrons. The molecule has 0 saturated carbocycles. The van der Waals surface area contributed by atoms with Crippen LogP contribution >= 0.6 is 0 Å². The number of ether oxygens (including phenoxy) is 1. The fraction of sp³-hybridized carbons (Fsp3) is 0.714. The number of carbonyl (C=O) groups excluding carboxylic acids is 2. The Balaban J connectivity index is 2.30. The van der Waals surface area contributed by atoms with Gasteiger partial charge < -0.3 is 10.1 Å². The number of nitrogens with one attached hydrogen (secondary N) is 2. The summed E-state index contributed by atoms with van der Waals surface area (Å²) in [6.07, 6.45) is 0. The molecular weight excluding hydrogens is 174 g/mol. The quantitative estimate of drug-likeness (QED) is 0.470. The Morgan fingerprint density at radius 3 is 2.38 bits per heavy atom. The van der Waals surface area contributed by atoms with Gasteiger partial charge in [-0.3, -0.25) is 15.0 Å². The molecule has 0 bridgehead atoms. The van der Waals surface area contributed by atoms with Gasteiger partial charge in [0.25, 0.3) is 0 Å². The fourth-order valence-electron chi connectivity index (χ4n) is 0.983. The number of hydrogen-bond acceptors (Lipinski definition) is 4. The second kappa shape index (κ2) is 4.78. The Morgan fingerprint density at radius 2 is 1.85 bits per heavy atom. The Bertz CT molecular complexity index is 201. The molecule has 1 heterocycles. The highest BCUT2D eigenvalue weighted by molar-refractivity contribution is 6.34. The maximum absolute atomic E-state index is 11.0. The Labute approximate surface area is 76.2 Å². The van der Waals surface area contributed by atoms with E-state index in [-0.39, 0.29) is 0 Å². The minimum absolute atomic E-state index is 0.577. The maximum Gasteiger partial charge on any atom is 0.323 e. The van der Waals surface area contributed by atoms with Crippen molar-refractivity contribution in [3.05, 3.63) is 0 Å². The SMILES string of the molecule is CNC(=O)C(=O)NN1CCOCC1. The van der Waals surface area contributed by atoms with Crippen LogP contribution in [0.2, 0.25) is 0 Å². The van der Waals surface area contributed by atoms with Crippen LogP contribution < -0.4 is 10.7 Å². The van der Waals surface area contributed by atoms with Crippen LogP contribution in [-0.4, -0.2) is 50.2 Å². The molecule has 2 amide bonds. The summed E-state index contributed by atoms with van der Waals surface area (Å²) in [6, 6.07) is 0.